The van der Waals surface area contributed by atoms with Crippen molar-refractivity contribution in [3.8, 4) is 0 Å². The third-order valence-electron chi connectivity index (χ3n) is 5.35. The van der Waals surface area contributed by atoms with Crippen LogP contribution >= 0.6 is 0 Å². The molecule has 1 aliphatic rings. The second-order valence-electron chi connectivity index (χ2n) is 8.48. The highest BCUT2D eigenvalue weighted by molar-refractivity contribution is 5.92. The van der Waals surface area contributed by atoms with Gasteiger partial charge in [0.1, 0.15) is 6.04 Å². The highest BCUT2D eigenvalue weighted by Gasteiger charge is 2.35. The number of aromatic nitrogens is 2. The molecule has 9 heteroatoms. The number of imidazole rings is 1. The molecule has 1 saturated heterocycles. The number of carbonyl (C=O) groups is 2. The maximum Gasteiger partial charge on any atom is 0.337 e. The van der Waals surface area contributed by atoms with Crippen molar-refractivity contribution in [2.45, 2.75) is 33.4 Å². The maximum atomic E-state index is 13.2. The van der Waals surface area contributed by atoms with Crippen molar-refractivity contribution in [1.82, 2.24) is 19.4 Å². The molecular weight excluding hydrogens is 388 g/mol. The minimum atomic E-state index is -0.891. The van der Waals surface area contributed by atoms with Gasteiger partial charge < -0.3 is 14.8 Å². The van der Waals surface area contributed by atoms with E-state index < -0.39 is 29.1 Å². The molecule has 1 N–H and O–H groups in total. The van der Waals surface area contributed by atoms with Crippen LogP contribution in [0.4, 0.5) is 4.79 Å². The molecule has 164 valence electrons. The molecule has 1 amide bonds. The van der Waals surface area contributed by atoms with Crippen molar-refractivity contribution in [2.75, 3.05) is 40.0 Å². The van der Waals surface area contributed by atoms with Crippen LogP contribution in [0.2, 0.25) is 0 Å². The van der Waals surface area contributed by atoms with Crippen molar-refractivity contribution < 1.29 is 19.1 Å². The lowest BCUT2D eigenvalue weighted by Gasteiger charge is -2.28. The highest BCUT2D eigenvalue weighted by Crippen LogP contribution is 2.21. The fourth-order valence-electron chi connectivity index (χ4n) is 3.62. The number of hydrogen-bond donors (Lipinski definition) is 1. The van der Waals surface area contributed by atoms with Crippen molar-refractivity contribution in [2.24, 2.45) is 5.41 Å². The van der Waals surface area contributed by atoms with Crippen molar-refractivity contribution in [3.63, 3.8) is 0 Å². The number of carbonyl (C=O) groups excluding carboxylic acids is 2. The van der Waals surface area contributed by atoms with E-state index in [-0.39, 0.29) is 0 Å². The first-order chi connectivity index (χ1) is 14.2. The summed E-state index contributed by atoms with van der Waals surface area (Å²) in [5, 5.41) is 2.68. The average Bonchev–Trinajstić information content (AvgIpc) is 3.01. The monoisotopic (exact) mass is 418 g/mol. The molecule has 1 aromatic heterocycles. The number of rotatable bonds is 5. The van der Waals surface area contributed by atoms with Gasteiger partial charge in [0.2, 0.25) is 0 Å². The standard InChI is InChI=1S/C21H30N4O5/c1-21(2,3)17(18(26)29-4)22-19(27)25-16-8-6-5-7-15(16)24(20(25)28)10-9-23-11-13-30-14-12-23/h5-8,17H,9-14H2,1-4H3,(H,22,27)/t17-/m1/s1. The van der Waals surface area contributed by atoms with Crippen LogP contribution in [-0.2, 0) is 20.8 Å². The molecule has 30 heavy (non-hydrogen) atoms. The van der Waals surface area contributed by atoms with E-state index in [1.54, 1.807) is 16.7 Å². The number of nitrogens with zero attached hydrogens (tertiary/aromatic N) is 3. The number of nitrogens with one attached hydrogen (secondary N) is 1. The van der Waals surface area contributed by atoms with E-state index in [4.69, 9.17) is 9.47 Å². The summed E-state index contributed by atoms with van der Waals surface area (Å²) >= 11 is 0. The van der Waals surface area contributed by atoms with Gasteiger partial charge >= 0.3 is 17.7 Å². The molecule has 1 atom stereocenters. The summed E-state index contributed by atoms with van der Waals surface area (Å²) in [5.74, 6) is -0.556. The van der Waals surface area contributed by atoms with Crippen LogP contribution in [0.1, 0.15) is 20.8 Å². The van der Waals surface area contributed by atoms with E-state index in [0.29, 0.717) is 37.3 Å². The predicted molar refractivity (Wildman–Crippen MR) is 113 cm³/mol. The number of ether oxygens (including phenoxy) is 2. The molecule has 0 aliphatic carbocycles. The van der Waals surface area contributed by atoms with Crippen LogP contribution in [-0.4, -0.2) is 72.0 Å². The minimum Gasteiger partial charge on any atom is -0.467 e. The largest absolute Gasteiger partial charge is 0.467 e. The molecule has 1 fully saturated rings. The smallest absolute Gasteiger partial charge is 0.337 e. The Kier molecular flexibility index (Phi) is 6.62. The Morgan fingerprint density at radius 2 is 1.77 bits per heavy atom. The van der Waals surface area contributed by atoms with E-state index in [0.717, 1.165) is 17.7 Å². The first kappa shape index (κ1) is 22.0. The van der Waals surface area contributed by atoms with E-state index in [2.05, 4.69) is 10.2 Å². The molecule has 2 heterocycles. The normalized spacial score (nSPS) is 16.4. The van der Waals surface area contributed by atoms with Gasteiger partial charge in [-0.05, 0) is 17.5 Å². The fourth-order valence-corrected chi connectivity index (χ4v) is 3.62. The van der Waals surface area contributed by atoms with Crippen LogP contribution in [0, 0.1) is 5.41 Å². The molecule has 0 spiro atoms. The average molecular weight is 418 g/mol. The Labute approximate surface area is 175 Å². The molecule has 1 aromatic carbocycles. The number of methoxy groups -OCH3 is 1. The summed E-state index contributed by atoms with van der Waals surface area (Å²) < 4.78 is 12.9. The van der Waals surface area contributed by atoms with Crippen LogP contribution in [0.5, 0.6) is 0 Å². The molecule has 9 nitrogen and oxygen atoms in total. The SMILES string of the molecule is COC(=O)[C@@H](NC(=O)n1c(=O)n(CCN2CCOCC2)c2ccccc21)C(C)(C)C. The van der Waals surface area contributed by atoms with Crippen LogP contribution < -0.4 is 11.0 Å². The zero-order valence-electron chi connectivity index (χ0n) is 18.0. The summed E-state index contributed by atoms with van der Waals surface area (Å²) in [7, 11) is 1.27. The van der Waals surface area contributed by atoms with Gasteiger partial charge in [-0.2, -0.15) is 0 Å². The van der Waals surface area contributed by atoms with E-state index in [9.17, 15) is 14.4 Å². The Balaban J connectivity index is 1.91. The number of esters is 1. The third kappa shape index (κ3) is 4.57. The molecule has 0 saturated carbocycles. The molecule has 2 aromatic rings. The van der Waals surface area contributed by atoms with Gasteiger partial charge in [0.25, 0.3) is 0 Å². The summed E-state index contributed by atoms with van der Waals surface area (Å²) in [5.41, 5.74) is 0.163. The highest BCUT2D eigenvalue weighted by atomic mass is 16.5. The van der Waals surface area contributed by atoms with Crippen molar-refractivity contribution >= 4 is 23.0 Å². The van der Waals surface area contributed by atoms with Crippen molar-refractivity contribution in [1.29, 1.82) is 0 Å². The molecule has 0 bridgehead atoms. The molecule has 0 radical (unpaired) electrons. The zero-order chi connectivity index (χ0) is 21.9. The van der Waals surface area contributed by atoms with E-state index in [1.165, 1.54) is 7.11 Å². The second-order valence-corrected chi connectivity index (χ2v) is 8.48. The second kappa shape index (κ2) is 9.01. The van der Waals surface area contributed by atoms with Gasteiger partial charge in [0, 0.05) is 26.2 Å². The van der Waals surface area contributed by atoms with Crippen LogP contribution in [0.3, 0.4) is 0 Å². The summed E-state index contributed by atoms with van der Waals surface area (Å²) in [6, 6.07) is 5.62. The number of para-hydroxylation sites is 2. The van der Waals surface area contributed by atoms with E-state index >= 15 is 0 Å². The number of morpholine rings is 1. The summed E-state index contributed by atoms with van der Waals surface area (Å²) in [6.07, 6.45) is 0. The van der Waals surface area contributed by atoms with Crippen LogP contribution in [0.15, 0.2) is 29.1 Å². The van der Waals surface area contributed by atoms with Gasteiger partial charge in [-0.25, -0.2) is 19.0 Å². The van der Waals surface area contributed by atoms with Gasteiger partial charge in [0.05, 0.1) is 31.4 Å². The molecular formula is C21H30N4O5. The maximum absolute atomic E-state index is 13.2. The Bertz CT molecular complexity index is 966. The Hall–Kier alpha value is -2.65. The quantitative estimate of drug-likeness (QED) is 0.735. The first-order valence-electron chi connectivity index (χ1n) is 10.1. The molecule has 1 aliphatic heterocycles. The third-order valence-corrected chi connectivity index (χ3v) is 5.35. The lowest BCUT2D eigenvalue weighted by Crippen LogP contribution is -2.52. The Morgan fingerprint density at radius 1 is 1.13 bits per heavy atom. The van der Waals surface area contributed by atoms with Crippen molar-refractivity contribution in [3.05, 3.63) is 34.7 Å². The number of hydrogen-bond acceptors (Lipinski definition) is 6. The predicted octanol–water partition coefficient (Wildman–Crippen LogP) is 1.28. The summed E-state index contributed by atoms with van der Waals surface area (Å²) in [6.45, 7) is 9.61. The van der Waals surface area contributed by atoms with Gasteiger partial charge in [0.15, 0.2) is 0 Å². The van der Waals surface area contributed by atoms with Crippen LogP contribution in [0.25, 0.3) is 11.0 Å². The topological polar surface area (TPSA) is 94.8 Å². The lowest BCUT2D eigenvalue weighted by atomic mass is 9.87. The minimum absolute atomic E-state index is 0.431. The Morgan fingerprint density at radius 3 is 2.37 bits per heavy atom. The van der Waals surface area contributed by atoms with Gasteiger partial charge in [-0.1, -0.05) is 32.9 Å². The molecule has 0 unspecified atom stereocenters. The summed E-state index contributed by atoms with van der Waals surface area (Å²) in [4.78, 5) is 40.7. The van der Waals surface area contributed by atoms with E-state index in [1.807, 2.05) is 32.9 Å². The fraction of sp³-hybridized carbons (Fsp3) is 0.571. The number of benzene rings is 1. The number of amides is 1. The van der Waals surface area contributed by atoms with Gasteiger partial charge in [-0.15, -0.1) is 0 Å². The number of fused-ring (bicyclic) bond motifs is 1. The van der Waals surface area contributed by atoms with Gasteiger partial charge in [-0.3, -0.25) is 9.47 Å². The zero-order valence-corrected chi connectivity index (χ0v) is 18.0. The molecule has 3 rings (SSSR count). The first-order valence-corrected chi connectivity index (χ1v) is 10.1. The lowest BCUT2D eigenvalue weighted by molar-refractivity contribution is -0.145.